The van der Waals surface area contributed by atoms with E-state index < -0.39 is 23.5 Å². The molecule has 4 heterocycles. The molecule has 3 aliphatic heterocycles. The molecule has 282 valence electrons. The van der Waals surface area contributed by atoms with Crippen molar-refractivity contribution < 1.29 is 22.8 Å². The summed E-state index contributed by atoms with van der Waals surface area (Å²) >= 11 is 6.99. The van der Waals surface area contributed by atoms with E-state index in [1.165, 1.54) is 16.7 Å². The van der Waals surface area contributed by atoms with Crippen molar-refractivity contribution in [3.63, 3.8) is 0 Å². The largest absolute Gasteiger partial charge is 0.416 e. The lowest BCUT2D eigenvalue weighted by Crippen LogP contribution is -2.59. The number of nitrogen functional groups attached to an aromatic ring is 1. The Morgan fingerprint density at radius 1 is 0.923 bits per heavy atom. The molecule has 1 aromatic heterocycles. The molecule has 0 unspecified atom stereocenters. The number of amides is 3. The van der Waals surface area contributed by atoms with Crippen LogP contribution in [-0.4, -0.2) is 112 Å². The van der Waals surface area contributed by atoms with Crippen molar-refractivity contribution in [3.8, 4) is 11.3 Å². The molecule has 3 aromatic rings. The molecule has 11 nitrogen and oxygen atoms in total. The van der Waals surface area contributed by atoms with Gasteiger partial charge in [0.15, 0.2) is 0 Å². The molecule has 0 radical (unpaired) electrons. The number of rotatable bonds is 8. The number of nitrogens with zero attached hydrogens (tertiary/aromatic N) is 5. The molecule has 3 fully saturated rings. The highest BCUT2D eigenvalue weighted by Crippen LogP contribution is 2.33. The number of nitrogens with two attached hydrogens (primary N) is 1. The van der Waals surface area contributed by atoms with Gasteiger partial charge in [0.05, 0.1) is 16.9 Å². The molecule has 52 heavy (non-hydrogen) atoms. The number of carbonyl (C=O) groups excluding carboxylic acids is 2. The molecule has 2 aromatic carbocycles. The van der Waals surface area contributed by atoms with Crippen LogP contribution in [0.15, 0.2) is 56.3 Å². The number of H-pyrrole nitrogens is 1. The molecule has 16 heteroatoms. The molecule has 0 spiro atoms. The van der Waals surface area contributed by atoms with E-state index in [2.05, 4.69) is 58.9 Å². The number of aromatic nitrogens is 2. The fourth-order valence-electron chi connectivity index (χ4n) is 7.60. The maximum Gasteiger partial charge on any atom is 0.416 e. The first kappa shape index (κ1) is 38.4. The number of piperazine rings is 1. The molecule has 3 aliphatic rings. The quantitative estimate of drug-likeness (QED) is 0.256. The van der Waals surface area contributed by atoms with Crippen LogP contribution >= 0.6 is 31.9 Å². The SMILES string of the molecule is CCN1CCC(N2CCN(C(=O)[C@@H](Cc3cc(Br)c(N)c(Br)c3)NC(=O)N3CCC(n4cc(-c5cccc(C(F)(F)F)c5)[nH]c4=O)CC3)CC2)CC1. The Balaban J connectivity index is 1.10. The topological polar surface area (TPSA) is 123 Å². The number of piperidine rings is 2. The lowest BCUT2D eigenvalue weighted by molar-refractivity contribution is -0.137. The predicted molar refractivity (Wildman–Crippen MR) is 201 cm³/mol. The van der Waals surface area contributed by atoms with E-state index in [-0.39, 0.29) is 30.0 Å². The van der Waals surface area contributed by atoms with Crippen LogP contribution in [0, 0.1) is 0 Å². The number of benzene rings is 2. The van der Waals surface area contributed by atoms with E-state index in [9.17, 15) is 27.6 Å². The van der Waals surface area contributed by atoms with Crippen molar-refractivity contribution in [1.29, 1.82) is 0 Å². The summed E-state index contributed by atoms with van der Waals surface area (Å²) in [6, 6.07) is 7.66. The van der Waals surface area contributed by atoms with Gasteiger partial charge in [-0.1, -0.05) is 19.1 Å². The number of nitrogens with one attached hydrogen (secondary N) is 2. The molecule has 3 amide bonds. The van der Waals surface area contributed by atoms with Crippen LogP contribution in [0.3, 0.4) is 0 Å². The zero-order chi connectivity index (χ0) is 37.2. The summed E-state index contributed by atoms with van der Waals surface area (Å²) in [7, 11) is 0. The minimum absolute atomic E-state index is 0.131. The monoisotopic (exact) mass is 852 g/mol. The number of halogens is 5. The lowest BCUT2D eigenvalue weighted by Gasteiger charge is -2.43. The molecular weight excluding hydrogens is 809 g/mol. The van der Waals surface area contributed by atoms with E-state index in [4.69, 9.17) is 5.73 Å². The number of alkyl halides is 3. The van der Waals surface area contributed by atoms with Crippen LogP contribution in [0.25, 0.3) is 11.3 Å². The van der Waals surface area contributed by atoms with Gasteiger partial charge < -0.3 is 30.7 Å². The minimum Gasteiger partial charge on any atom is -0.397 e. The van der Waals surface area contributed by atoms with Gasteiger partial charge >= 0.3 is 17.9 Å². The van der Waals surface area contributed by atoms with Crippen LogP contribution in [0.4, 0.5) is 23.7 Å². The molecule has 6 rings (SSSR count). The van der Waals surface area contributed by atoms with Crippen LogP contribution < -0.4 is 16.7 Å². The Morgan fingerprint density at radius 3 is 2.17 bits per heavy atom. The van der Waals surface area contributed by atoms with Gasteiger partial charge in [0, 0.05) is 78.5 Å². The lowest BCUT2D eigenvalue weighted by atomic mass is 10.0. The zero-order valence-corrected chi connectivity index (χ0v) is 32.3. The fraction of sp³-hybridized carbons (Fsp3) is 0.528. The van der Waals surface area contributed by atoms with Gasteiger partial charge in [0.2, 0.25) is 5.91 Å². The summed E-state index contributed by atoms with van der Waals surface area (Å²) in [6.45, 7) is 8.91. The highest BCUT2D eigenvalue weighted by Gasteiger charge is 2.34. The summed E-state index contributed by atoms with van der Waals surface area (Å²) in [4.78, 5) is 51.9. The average molecular weight is 855 g/mol. The molecule has 1 atom stereocenters. The molecule has 4 N–H and O–H groups in total. The number of hydrogen-bond donors (Lipinski definition) is 3. The molecule has 0 aliphatic carbocycles. The molecular formula is C36H45Br2F3N8O3. The standard InChI is InChI=1S/C36H45Br2F3N8O3/c1-2-45-10-6-26(7-11-45)46-14-16-47(17-15-46)33(50)30(20-23-18-28(37)32(42)29(38)19-23)43-34(51)48-12-8-27(9-13-48)49-22-31(44-35(49)52)24-4-3-5-25(21-24)36(39,40)41/h3-5,18-19,21-22,26-27,30H,2,6-17,20,42H2,1H3,(H,43,51)(H,44,52)/t30-/m1/s1. The Labute approximate surface area is 317 Å². The van der Waals surface area contributed by atoms with Gasteiger partial charge in [-0.3, -0.25) is 14.3 Å². The summed E-state index contributed by atoms with van der Waals surface area (Å²) < 4.78 is 42.7. The summed E-state index contributed by atoms with van der Waals surface area (Å²) in [6.07, 6.45) is 0.502. The van der Waals surface area contributed by atoms with Crippen molar-refractivity contribution in [2.45, 2.75) is 63.3 Å². The second-order valence-corrected chi connectivity index (χ2v) is 15.6. The highest BCUT2D eigenvalue weighted by atomic mass is 79.9. The van der Waals surface area contributed by atoms with E-state index in [0.29, 0.717) is 65.4 Å². The van der Waals surface area contributed by atoms with Crippen molar-refractivity contribution in [2.24, 2.45) is 0 Å². The summed E-state index contributed by atoms with van der Waals surface area (Å²) in [5.41, 5.74) is 6.83. The van der Waals surface area contributed by atoms with Crippen molar-refractivity contribution >= 4 is 49.5 Å². The number of anilines is 1. The van der Waals surface area contributed by atoms with Crippen LogP contribution in [0.5, 0.6) is 0 Å². The maximum absolute atomic E-state index is 14.1. The van der Waals surface area contributed by atoms with Gasteiger partial charge in [-0.2, -0.15) is 13.2 Å². The smallest absolute Gasteiger partial charge is 0.397 e. The first-order valence-electron chi connectivity index (χ1n) is 17.8. The van der Waals surface area contributed by atoms with Gasteiger partial charge in [0.25, 0.3) is 0 Å². The van der Waals surface area contributed by atoms with E-state index in [1.54, 1.807) is 11.1 Å². The van der Waals surface area contributed by atoms with Gasteiger partial charge in [0.1, 0.15) is 6.04 Å². The first-order chi connectivity index (χ1) is 24.8. The van der Waals surface area contributed by atoms with E-state index in [1.807, 2.05) is 17.0 Å². The molecule has 3 saturated heterocycles. The minimum atomic E-state index is -4.50. The van der Waals surface area contributed by atoms with Crippen LogP contribution in [0.2, 0.25) is 0 Å². The Bertz CT molecular complexity index is 1770. The molecule has 0 bridgehead atoms. The Hall–Kier alpha value is -3.34. The number of hydrogen-bond acceptors (Lipinski definition) is 6. The number of aromatic amines is 1. The molecule has 0 saturated carbocycles. The van der Waals surface area contributed by atoms with Gasteiger partial charge in [-0.05, 0) is 107 Å². The van der Waals surface area contributed by atoms with Gasteiger partial charge in [-0.25, -0.2) is 9.59 Å². The second-order valence-electron chi connectivity index (χ2n) is 13.9. The van der Waals surface area contributed by atoms with E-state index in [0.717, 1.165) is 63.3 Å². The third-order valence-corrected chi connectivity index (χ3v) is 12.0. The third kappa shape index (κ3) is 8.88. The normalized spacial score (nSPS) is 19.2. The van der Waals surface area contributed by atoms with E-state index >= 15 is 0 Å². The average Bonchev–Trinajstić information content (AvgIpc) is 3.54. The van der Waals surface area contributed by atoms with Crippen molar-refractivity contribution in [1.82, 2.24) is 34.5 Å². The number of imidazole rings is 1. The Morgan fingerprint density at radius 2 is 1.56 bits per heavy atom. The van der Waals surface area contributed by atoms with Gasteiger partial charge in [-0.15, -0.1) is 0 Å². The van der Waals surface area contributed by atoms with Crippen LogP contribution in [-0.2, 0) is 17.4 Å². The predicted octanol–water partition coefficient (Wildman–Crippen LogP) is 5.56. The number of urea groups is 1. The Kier molecular flexibility index (Phi) is 12.1. The number of likely N-dealkylation sites (tertiary alicyclic amines) is 2. The summed E-state index contributed by atoms with van der Waals surface area (Å²) in [5.74, 6) is -0.131. The zero-order valence-electron chi connectivity index (χ0n) is 29.1. The van der Waals surface area contributed by atoms with Crippen molar-refractivity contribution in [3.05, 3.63) is 73.2 Å². The van der Waals surface area contributed by atoms with Crippen LogP contribution in [0.1, 0.15) is 49.8 Å². The maximum atomic E-state index is 14.1. The highest BCUT2D eigenvalue weighted by molar-refractivity contribution is 9.11. The third-order valence-electron chi connectivity index (χ3n) is 10.7. The second kappa shape index (κ2) is 16.4. The summed E-state index contributed by atoms with van der Waals surface area (Å²) in [5, 5.41) is 3.03. The van der Waals surface area contributed by atoms with Crippen molar-refractivity contribution in [2.75, 3.05) is 64.6 Å². The first-order valence-corrected chi connectivity index (χ1v) is 19.4. The number of carbonyl (C=O) groups is 2. The fourth-order valence-corrected chi connectivity index (χ4v) is 8.88.